The molecule has 1 aromatic heterocycles. The maximum atomic E-state index is 6.43. The molecule has 3 heteroatoms. The Bertz CT molecular complexity index is 7000. The van der Waals surface area contributed by atoms with Gasteiger partial charge in [-0.05, 0) is 229 Å². The van der Waals surface area contributed by atoms with Crippen molar-refractivity contribution in [2.24, 2.45) is 0 Å². The zero-order chi connectivity index (χ0) is 80.8. The van der Waals surface area contributed by atoms with Crippen LogP contribution in [0.25, 0.3) is 144 Å². The number of para-hydroxylation sites is 2. The van der Waals surface area contributed by atoms with Crippen LogP contribution in [0.2, 0.25) is 0 Å². The Hall–Kier alpha value is -14.6. The highest BCUT2D eigenvalue weighted by Gasteiger charge is 2.43. The normalized spacial score (nSPS) is 13.3. The van der Waals surface area contributed by atoms with Gasteiger partial charge in [-0.2, -0.15) is 0 Å². The molecule has 0 aliphatic heterocycles. The lowest BCUT2D eigenvalue weighted by atomic mass is 9.77. The first-order valence-corrected chi connectivity index (χ1v) is 41.9. The van der Waals surface area contributed by atoms with E-state index in [0.717, 1.165) is 67.2 Å². The molecule has 3 aliphatic rings. The van der Waals surface area contributed by atoms with Gasteiger partial charge in [-0.1, -0.05) is 387 Å². The number of fused-ring (bicyclic) bond motifs is 12. The third-order valence-corrected chi connectivity index (χ3v) is 25.8. The van der Waals surface area contributed by atoms with Crippen LogP contribution in [0, 0.1) is 0 Å². The van der Waals surface area contributed by atoms with Crippen molar-refractivity contribution in [2.45, 2.75) is 57.8 Å². The molecule has 120 heavy (non-hydrogen) atoms. The molecule has 0 radical (unpaired) electrons. The molecule has 22 rings (SSSR count). The van der Waals surface area contributed by atoms with Gasteiger partial charge in [-0.15, -0.1) is 0 Å². The first kappa shape index (κ1) is 73.0. The monoisotopic (exact) mass is 1540 g/mol. The summed E-state index contributed by atoms with van der Waals surface area (Å²) in [6, 6.07) is 155. The largest absolute Gasteiger partial charge is 0.455 e. The summed E-state index contributed by atoms with van der Waals surface area (Å²) in [5.74, 6) is 0. The van der Waals surface area contributed by atoms with E-state index < -0.39 is 0 Å². The molecule has 0 N–H and O–H groups in total. The number of hydrogen-bond donors (Lipinski definition) is 0. The van der Waals surface area contributed by atoms with Crippen molar-refractivity contribution in [1.29, 1.82) is 0 Å². The molecule has 0 unspecified atom stereocenters. The predicted octanol–water partition coefficient (Wildman–Crippen LogP) is 32.5. The summed E-state index contributed by atoms with van der Waals surface area (Å²) in [6.07, 6.45) is 0. The molecular weight excluding hydrogens is 1450 g/mol. The molecule has 0 saturated heterocycles. The number of anilines is 6. The average molecular weight is 1540 g/mol. The van der Waals surface area contributed by atoms with Crippen molar-refractivity contribution in [1.82, 2.24) is 0 Å². The molecule has 0 saturated carbocycles. The maximum Gasteiger partial charge on any atom is 0.143 e. The Labute approximate surface area is 703 Å². The van der Waals surface area contributed by atoms with Gasteiger partial charge in [0.2, 0.25) is 0 Å². The molecule has 19 aromatic rings. The fourth-order valence-electron chi connectivity index (χ4n) is 19.9. The average Bonchev–Trinajstić information content (AvgIpc) is 1.64. The van der Waals surface area contributed by atoms with Gasteiger partial charge < -0.3 is 14.2 Å². The molecule has 1 heterocycles. The summed E-state index contributed by atoms with van der Waals surface area (Å²) in [5, 5.41) is 2.27. The summed E-state index contributed by atoms with van der Waals surface area (Å²) in [6.45, 7) is 14.3. The number of furan rings is 1. The predicted molar refractivity (Wildman–Crippen MR) is 506 cm³/mol. The zero-order valence-electron chi connectivity index (χ0n) is 68.2. The van der Waals surface area contributed by atoms with Crippen LogP contribution in [-0.2, 0) is 16.2 Å². The standard InChI is InChI=1S/C60H47N.C57H41NO/c1-59(2)53-23-13-11-20-51(53)56-49(22-15-25-55(56)59)50-39-38-48(58-57(50)52-21-12-14-24-54(52)60(58,3)4)44-30-36-47(37-31-44)61(45-32-26-42(27-33-45)40-16-7-5-8-17-40)46-34-28-43(29-35-46)41-18-9-6-10-19-41;1-57(2)52-22-11-9-19-51(52)54-46(40-16-7-4-8-17-40)36-37-47(55(54)57)41-26-32-44(33-27-41)58(43-30-24-39(25-31-43)38-14-5-3-6-15-38)45-34-28-42(29-35-45)48-20-13-21-50-49-18-10-12-23-53(49)59-56(48)50/h5-39H,1-4H3;3-37H,1-2H3. The Balaban J connectivity index is 0.000000149. The highest BCUT2D eigenvalue weighted by Crippen LogP contribution is 2.60. The summed E-state index contributed by atoms with van der Waals surface area (Å²) in [4.78, 5) is 4.72. The molecular formula is C117H88N2O. The summed E-state index contributed by atoms with van der Waals surface area (Å²) in [5.41, 5.74) is 44.0. The van der Waals surface area contributed by atoms with Gasteiger partial charge in [0.1, 0.15) is 11.2 Å². The smallest absolute Gasteiger partial charge is 0.143 e. The van der Waals surface area contributed by atoms with E-state index in [1.54, 1.807) is 0 Å². The van der Waals surface area contributed by atoms with E-state index >= 15 is 0 Å². The van der Waals surface area contributed by atoms with Crippen LogP contribution in [0.5, 0.6) is 0 Å². The third-order valence-electron chi connectivity index (χ3n) is 25.8. The molecule has 18 aromatic carbocycles. The second kappa shape index (κ2) is 29.5. The first-order valence-electron chi connectivity index (χ1n) is 41.9. The fourth-order valence-corrected chi connectivity index (χ4v) is 19.9. The number of hydrogen-bond acceptors (Lipinski definition) is 3. The topological polar surface area (TPSA) is 19.6 Å². The van der Waals surface area contributed by atoms with Crippen LogP contribution in [-0.4, -0.2) is 0 Å². The number of rotatable bonds is 14. The van der Waals surface area contributed by atoms with Crippen LogP contribution in [0.4, 0.5) is 34.1 Å². The SMILES string of the molecule is CC1(C)c2ccccc2-c2c(-c3ccc(-c4ccc(N(c5ccc(-c6ccccc6)cc5)c5ccc(-c6ccccc6)cc5)cc4)c4c3-c3ccccc3C4(C)C)cccc21.CC1(C)c2ccccc2-c2c(-c3ccccc3)ccc(-c3ccc(N(c4ccc(-c5ccccc5)cc4)c4ccc(-c5cccc6c5oc5ccccc56)cc4)cc3)c21. The third kappa shape index (κ3) is 12.4. The van der Waals surface area contributed by atoms with Crippen molar-refractivity contribution in [3.63, 3.8) is 0 Å². The molecule has 0 atom stereocenters. The van der Waals surface area contributed by atoms with Gasteiger partial charge in [0.05, 0.1) is 0 Å². The van der Waals surface area contributed by atoms with E-state index in [0.29, 0.717) is 0 Å². The zero-order valence-corrected chi connectivity index (χ0v) is 68.2. The minimum Gasteiger partial charge on any atom is -0.455 e. The van der Waals surface area contributed by atoms with E-state index in [4.69, 9.17) is 4.42 Å². The van der Waals surface area contributed by atoms with E-state index in [1.165, 1.54) is 145 Å². The van der Waals surface area contributed by atoms with Crippen LogP contribution < -0.4 is 9.80 Å². The van der Waals surface area contributed by atoms with E-state index in [9.17, 15) is 0 Å². The molecule has 572 valence electrons. The van der Waals surface area contributed by atoms with Gasteiger partial charge in [0.15, 0.2) is 0 Å². The van der Waals surface area contributed by atoms with Crippen molar-refractivity contribution < 1.29 is 4.42 Å². The minimum absolute atomic E-state index is 0.0638. The number of nitrogens with zero attached hydrogens (tertiary/aromatic N) is 2. The second-order valence-electron chi connectivity index (χ2n) is 33.8. The summed E-state index contributed by atoms with van der Waals surface area (Å²) < 4.78 is 6.43. The van der Waals surface area contributed by atoms with Crippen molar-refractivity contribution in [3.05, 3.63) is 458 Å². The van der Waals surface area contributed by atoms with Crippen LogP contribution in [0.1, 0.15) is 74.9 Å². The highest BCUT2D eigenvalue weighted by molar-refractivity contribution is 6.10. The molecule has 0 bridgehead atoms. The first-order chi connectivity index (χ1) is 58.8. The second-order valence-corrected chi connectivity index (χ2v) is 33.8. The summed E-state index contributed by atoms with van der Waals surface area (Å²) >= 11 is 0. The lowest BCUT2D eigenvalue weighted by molar-refractivity contribution is 0.660. The Morgan fingerprint density at radius 1 is 0.175 bits per heavy atom. The van der Waals surface area contributed by atoms with Gasteiger partial charge in [-0.25, -0.2) is 0 Å². The van der Waals surface area contributed by atoms with Crippen LogP contribution >= 0.6 is 0 Å². The van der Waals surface area contributed by atoms with Crippen LogP contribution in [0.15, 0.2) is 429 Å². The van der Waals surface area contributed by atoms with Gasteiger partial charge in [-0.3, -0.25) is 0 Å². The van der Waals surface area contributed by atoms with Crippen molar-refractivity contribution in [3.8, 4) is 122 Å². The Kier molecular flexibility index (Phi) is 18.0. The molecule has 0 spiro atoms. The molecule has 0 amide bonds. The van der Waals surface area contributed by atoms with Gasteiger partial charge in [0, 0.05) is 66.7 Å². The van der Waals surface area contributed by atoms with E-state index in [2.05, 4.69) is 464 Å². The Morgan fingerprint density at radius 2 is 0.442 bits per heavy atom. The fraction of sp³-hybridized carbons (Fsp3) is 0.0769. The highest BCUT2D eigenvalue weighted by atomic mass is 16.3. The molecule has 3 nitrogen and oxygen atoms in total. The Morgan fingerprint density at radius 3 is 0.875 bits per heavy atom. The lowest BCUT2D eigenvalue weighted by Crippen LogP contribution is -2.16. The quantitative estimate of drug-likeness (QED) is 0.108. The van der Waals surface area contributed by atoms with Crippen molar-refractivity contribution >= 4 is 56.1 Å². The maximum absolute atomic E-state index is 6.43. The van der Waals surface area contributed by atoms with Gasteiger partial charge >= 0.3 is 0 Å². The minimum atomic E-state index is -0.196. The number of benzene rings is 18. The van der Waals surface area contributed by atoms with E-state index in [1.807, 2.05) is 12.1 Å². The van der Waals surface area contributed by atoms with Crippen LogP contribution in [0.3, 0.4) is 0 Å². The van der Waals surface area contributed by atoms with Crippen molar-refractivity contribution in [2.75, 3.05) is 9.80 Å². The molecule has 0 fully saturated rings. The van der Waals surface area contributed by atoms with E-state index in [-0.39, 0.29) is 16.2 Å². The lowest BCUT2D eigenvalue weighted by Gasteiger charge is -2.27. The molecule has 3 aliphatic carbocycles. The van der Waals surface area contributed by atoms with Gasteiger partial charge in [0.25, 0.3) is 0 Å². The summed E-state index contributed by atoms with van der Waals surface area (Å²) in [7, 11) is 0.